The summed E-state index contributed by atoms with van der Waals surface area (Å²) in [4.78, 5) is 0. The molecular weight excluding hydrogens is 574 g/mol. The summed E-state index contributed by atoms with van der Waals surface area (Å²) in [5, 5.41) is 5.26. The molecule has 7 heteroatoms. The van der Waals surface area contributed by atoms with E-state index in [9.17, 15) is 8.42 Å². The lowest BCUT2D eigenvalue weighted by Crippen LogP contribution is -2.44. The monoisotopic (exact) mass is 616 g/mol. The maximum atomic E-state index is 13.9. The van der Waals surface area contributed by atoms with Crippen LogP contribution >= 0.6 is 15.8 Å². The summed E-state index contributed by atoms with van der Waals surface area (Å²) in [6.07, 6.45) is 1.65. The lowest BCUT2D eigenvalue weighted by atomic mass is 10.2. The average Bonchev–Trinajstić information content (AvgIpc) is 3.36. The topological polar surface area (TPSA) is 40.6 Å². The van der Waals surface area contributed by atoms with Gasteiger partial charge in [0.15, 0.2) is 0 Å². The van der Waals surface area contributed by atoms with Gasteiger partial charge in [0.05, 0.1) is 0 Å². The molecule has 0 bridgehead atoms. The Labute approximate surface area is 255 Å². The fraction of sp³-hybridized carbons (Fsp3) is 0.314. The molecule has 1 aliphatic rings. The first-order chi connectivity index (χ1) is 20.0. The Morgan fingerprint density at radius 3 is 1.50 bits per heavy atom. The van der Waals surface area contributed by atoms with Crippen LogP contribution in [-0.4, -0.2) is 55.5 Å². The van der Waals surface area contributed by atoms with Crippen LogP contribution < -0.4 is 21.2 Å². The highest BCUT2D eigenvalue weighted by atomic mass is 32.2. The predicted octanol–water partition coefficient (Wildman–Crippen LogP) is 5.74. The van der Waals surface area contributed by atoms with E-state index < -0.39 is 26.1 Å². The second-order valence-corrected chi connectivity index (χ2v) is 18.6. The Morgan fingerprint density at radius 2 is 1.10 bits per heavy atom. The van der Waals surface area contributed by atoms with Gasteiger partial charge in [0.2, 0.25) is 0 Å². The third-order valence-electron chi connectivity index (χ3n) is 8.04. The van der Waals surface area contributed by atoms with Gasteiger partial charge in [0, 0.05) is 32.3 Å². The Morgan fingerprint density at radius 1 is 0.690 bits per heavy atom. The van der Waals surface area contributed by atoms with E-state index in [1.165, 1.54) is 47.8 Å². The third-order valence-corrected chi connectivity index (χ3v) is 15.4. The van der Waals surface area contributed by atoms with Crippen LogP contribution in [-0.2, 0) is 10.2 Å². The number of hydrogen-bond acceptors (Lipinski definition) is 2. The molecule has 0 aromatic heterocycles. The average molecular weight is 617 g/mol. The lowest BCUT2D eigenvalue weighted by molar-refractivity contribution is 0.374. The van der Waals surface area contributed by atoms with E-state index in [1.807, 2.05) is 4.31 Å². The van der Waals surface area contributed by atoms with Crippen molar-refractivity contribution in [3.8, 4) is 0 Å². The van der Waals surface area contributed by atoms with Crippen molar-refractivity contribution in [3.63, 3.8) is 0 Å². The highest BCUT2D eigenvalue weighted by Gasteiger charge is 2.44. The second kappa shape index (κ2) is 13.1. The van der Waals surface area contributed by atoms with Gasteiger partial charge in [-0.1, -0.05) is 119 Å². The molecular formula is C35H42N2O2P2S. The van der Waals surface area contributed by atoms with Gasteiger partial charge in [0.1, 0.15) is 0 Å². The van der Waals surface area contributed by atoms with Gasteiger partial charge in [0.25, 0.3) is 10.2 Å². The molecule has 2 atom stereocenters. The van der Waals surface area contributed by atoms with Crippen LogP contribution in [0.3, 0.4) is 0 Å². The summed E-state index contributed by atoms with van der Waals surface area (Å²) in [5.41, 5.74) is 5.16. The van der Waals surface area contributed by atoms with Crippen LogP contribution in [0.15, 0.2) is 97.1 Å². The number of aryl methyl sites for hydroxylation is 4. The van der Waals surface area contributed by atoms with E-state index in [2.05, 4.69) is 125 Å². The number of rotatable bonds is 9. The molecule has 1 aliphatic heterocycles. The highest BCUT2D eigenvalue weighted by Crippen LogP contribution is 2.49. The summed E-state index contributed by atoms with van der Waals surface area (Å²) in [6, 6.07) is 35.2. The molecule has 4 aromatic rings. The van der Waals surface area contributed by atoms with Crippen molar-refractivity contribution in [1.82, 2.24) is 8.61 Å². The minimum Gasteiger partial charge on any atom is -0.195 e. The summed E-state index contributed by atoms with van der Waals surface area (Å²) in [7, 11) is -1.82. The quantitative estimate of drug-likeness (QED) is 0.225. The molecule has 0 saturated carbocycles. The van der Waals surface area contributed by atoms with Crippen molar-refractivity contribution < 1.29 is 8.42 Å². The molecule has 4 nitrogen and oxygen atoms in total. The Hall–Kier alpha value is -2.39. The fourth-order valence-electron chi connectivity index (χ4n) is 6.00. The van der Waals surface area contributed by atoms with Crippen LogP contribution in [0.5, 0.6) is 0 Å². The minimum atomic E-state index is -3.61. The first-order valence-electron chi connectivity index (χ1n) is 14.6. The molecule has 0 radical (unpaired) electrons. The molecule has 1 heterocycles. The van der Waals surface area contributed by atoms with Crippen molar-refractivity contribution in [2.45, 2.75) is 45.8 Å². The Bertz CT molecular complexity index is 1570. The van der Waals surface area contributed by atoms with Gasteiger partial charge in [-0.05, 0) is 77.3 Å². The smallest absolute Gasteiger partial charge is 0.195 e. The lowest BCUT2D eigenvalue weighted by Gasteiger charge is -2.30. The number of benzene rings is 4. The SMILES string of the molecule is Cc1cccc(P(C[C@@H]2C[C@H](P(c3cccc(C)c3)c3cccc(C)c3)CN2S(=O)(=O)N(C)C)c2cccc(C)c2)c1. The normalized spacial score (nSPS) is 17.9. The summed E-state index contributed by atoms with van der Waals surface area (Å²) < 4.78 is 31.1. The predicted molar refractivity (Wildman–Crippen MR) is 183 cm³/mol. The molecule has 5 rings (SSSR count). The third kappa shape index (κ3) is 6.88. The highest BCUT2D eigenvalue weighted by molar-refractivity contribution is 7.86. The van der Waals surface area contributed by atoms with E-state index in [0.717, 1.165) is 12.6 Å². The molecule has 0 amide bonds. The van der Waals surface area contributed by atoms with Crippen LogP contribution in [0.4, 0.5) is 0 Å². The van der Waals surface area contributed by atoms with Crippen molar-refractivity contribution in [2.75, 3.05) is 26.8 Å². The van der Waals surface area contributed by atoms with E-state index in [0.29, 0.717) is 6.54 Å². The van der Waals surface area contributed by atoms with Gasteiger partial charge in [-0.25, -0.2) is 0 Å². The van der Waals surface area contributed by atoms with Gasteiger partial charge in [-0.15, -0.1) is 0 Å². The largest absolute Gasteiger partial charge is 0.281 e. The Kier molecular flexibility index (Phi) is 9.67. The van der Waals surface area contributed by atoms with Crippen LogP contribution in [0.1, 0.15) is 28.7 Å². The molecule has 1 saturated heterocycles. The molecule has 220 valence electrons. The first-order valence-corrected chi connectivity index (χ1v) is 18.9. The van der Waals surface area contributed by atoms with Crippen molar-refractivity contribution in [3.05, 3.63) is 119 Å². The first kappa shape index (κ1) is 31.0. The standard InChI is InChI=1S/C35H42N2O2P2S/c1-26-11-7-15-31(19-26)40(32-16-8-12-27(2)20-32)25-30-23-35(24-37(30)42(38,39)36(5)6)41(33-17-9-13-28(3)21-33)34-18-10-14-29(4)22-34/h7-22,30,35H,23-25H2,1-6H3/t30-,35-/m0/s1. The summed E-state index contributed by atoms with van der Waals surface area (Å²) in [5.74, 6) is 0. The summed E-state index contributed by atoms with van der Waals surface area (Å²) >= 11 is 0. The molecule has 0 unspecified atom stereocenters. The number of hydrogen-bond donors (Lipinski definition) is 0. The van der Waals surface area contributed by atoms with Crippen LogP contribution in [0.2, 0.25) is 0 Å². The van der Waals surface area contributed by atoms with E-state index in [4.69, 9.17) is 0 Å². The van der Waals surface area contributed by atoms with Gasteiger partial charge in [-0.2, -0.15) is 17.0 Å². The zero-order chi connectivity index (χ0) is 30.0. The van der Waals surface area contributed by atoms with E-state index in [-0.39, 0.29) is 11.7 Å². The molecule has 42 heavy (non-hydrogen) atoms. The molecule has 1 fully saturated rings. The molecule has 4 aromatic carbocycles. The van der Waals surface area contributed by atoms with E-state index in [1.54, 1.807) is 14.1 Å². The van der Waals surface area contributed by atoms with E-state index >= 15 is 0 Å². The fourth-order valence-corrected chi connectivity index (χ4v) is 13.4. The van der Waals surface area contributed by atoms with Gasteiger partial charge < -0.3 is 0 Å². The molecule has 0 N–H and O–H groups in total. The van der Waals surface area contributed by atoms with Crippen LogP contribution in [0.25, 0.3) is 0 Å². The summed E-state index contributed by atoms with van der Waals surface area (Å²) in [6.45, 7) is 9.09. The maximum Gasteiger partial charge on any atom is 0.281 e. The maximum absolute atomic E-state index is 13.9. The van der Waals surface area contributed by atoms with Crippen molar-refractivity contribution in [2.24, 2.45) is 0 Å². The molecule has 0 aliphatic carbocycles. The van der Waals surface area contributed by atoms with Crippen LogP contribution in [0, 0.1) is 27.7 Å². The van der Waals surface area contributed by atoms with Gasteiger partial charge in [-0.3, -0.25) is 0 Å². The molecule has 0 spiro atoms. The second-order valence-electron chi connectivity index (χ2n) is 11.7. The zero-order valence-corrected chi connectivity index (χ0v) is 28.1. The van der Waals surface area contributed by atoms with Gasteiger partial charge >= 0.3 is 0 Å². The van der Waals surface area contributed by atoms with Crippen molar-refractivity contribution >= 4 is 47.3 Å². The minimum absolute atomic E-state index is 0.0887. The van der Waals surface area contributed by atoms with Crippen molar-refractivity contribution in [1.29, 1.82) is 0 Å². The number of nitrogens with zero attached hydrogens (tertiary/aromatic N) is 2. The Balaban J connectivity index is 1.59. The zero-order valence-electron chi connectivity index (χ0n) is 25.5.